The molecule has 0 bridgehead atoms. The Labute approximate surface area is 115 Å². The van der Waals surface area contributed by atoms with Crippen molar-refractivity contribution in [3.8, 4) is 0 Å². The van der Waals surface area contributed by atoms with Crippen LogP contribution in [0, 0.1) is 0 Å². The van der Waals surface area contributed by atoms with Crippen LogP contribution in [0.2, 0.25) is 0 Å². The fraction of sp³-hybridized carbons (Fsp3) is 0.929. The van der Waals surface area contributed by atoms with Gasteiger partial charge in [0.1, 0.15) is 0 Å². The first kappa shape index (κ1) is 14.2. The lowest BCUT2D eigenvalue weighted by Gasteiger charge is -2.39. The van der Waals surface area contributed by atoms with Gasteiger partial charge in [-0.15, -0.1) is 0 Å². The fourth-order valence-corrected chi connectivity index (χ4v) is 4.60. The molecule has 104 valence electrons. The van der Waals surface area contributed by atoms with Crippen LogP contribution in [0.4, 0.5) is 0 Å². The summed E-state index contributed by atoms with van der Waals surface area (Å²) in [6.45, 7) is 4.72. The summed E-state index contributed by atoms with van der Waals surface area (Å²) < 4.78 is 5.18. The van der Waals surface area contributed by atoms with E-state index in [0.29, 0.717) is 13.0 Å². The SMILES string of the molecule is CCOC(=O)CC1(N2CCCCCC2)CCSC1. The van der Waals surface area contributed by atoms with Crippen LogP contribution in [-0.2, 0) is 9.53 Å². The quantitative estimate of drug-likeness (QED) is 0.735. The number of nitrogens with zero attached hydrogens (tertiary/aromatic N) is 1. The maximum absolute atomic E-state index is 11.9. The van der Waals surface area contributed by atoms with E-state index in [-0.39, 0.29) is 11.5 Å². The highest BCUT2D eigenvalue weighted by Crippen LogP contribution is 2.37. The molecule has 2 rings (SSSR count). The molecule has 2 saturated heterocycles. The summed E-state index contributed by atoms with van der Waals surface area (Å²) in [5, 5.41) is 0. The molecule has 2 aliphatic heterocycles. The van der Waals surface area contributed by atoms with Gasteiger partial charge in [0.25, 0.3) is 0 Å². The van der Waals surface area contributed by atoms with E-state index in [2.05, 4.69) is 4.90 Å². The van der Waals surface area contributed by atoms with E-state index in [1.807, 2.05) is 18.7 Å². The molecule has 2 fully saturated rings. The Kier molecular flexibility index (Phi) is 5.37. The third kappa shape index (κ3) is 3.41. The molecule has 2 aliphatic rings. The molecule has 1 unspecified atom stereocenters. The Morgan fingerprint density at radius 2 is 2.00 bits per heavy atom. The first-order valence-electron chi connectivity index (χ1n) is 7.25. The molecule has 3 nitrogen and oxygen atoms in total. The van der Waals surface area contributed by atoms with E-state index in [9.17, 15) is 4.79 Å². The molecule has 4 heteroatoms. The fourth-order valence-electron chi connectivity index (χ4n) is 3.12. The first-order valence-corrected chi connectivity index (χ1v) is 8.41. The van der Waals surface area contributed by atoms with Gasteiger partial charge in [0.15, 0.2) is 0 Å². The van der Waals surface area contributed by atoms with Gasteiger partial charge in [-0.3, -0.25) is 9.69 Å². The summed E-state index contributed by atoms with van der Waals surface area (Å²) in [6.07, 6.45) is 7.01. The lowest BCUT2D eigenvalue weighted by atomic mass is 9.91. The van der Waals surface area contributed by atoms with E-state index in [1.54, 1.807) is 0 Å². The van der Waals surface area contributed by atoms with Crippen molar-refractivity contribution in [2.75, 3.05) is 31.2 Å². The van der Waals surface area contributed by atoms with Crippen LogP contribution in [0.5, 0.6) is 0 Å². The van der Waals surface area contributed by atoms with Crippen LogP contribution in [0.3, 0.4) is 0 Å². The topological polar surface area (TPSA) is 29.5 Å². The van der Waals surface area contributed by atoms with E-state index < -0.39 is 0 Å². The molecule has 0 radical (unpaired) electrons. The average molecular weight is 271 g/mol. The minimum absolute atomic E-state index is 0.00996. The number of hydrogen-bond donors (Lipinski definition) is 0. The zero-order valence-electron chi connectivity index (χ0n) is 11.5. The molecule has 0 saturated carbocycles. The molecular formula is C14H25NO2S. The van der Waals surface area contributed by atoms with E-state index in [0.717, 1.165) is 12.2 Å². The summed E-state index contributed by atoms with van der Waals surface area (Å²) in [7, 11) is 0. The Bertz CT molecular complexity index is 269. The predicted molar refractivity (Wildman–Crippen MR) is 76.0 cm³/mol. The maximum atomic E-state index is 11.9. The second-order valence-electron chi connectivity index (χ2n) is 5.41. The monoisotopic (exact) mass is 271 g/mol. The van der Waals surface area contributed by atoms with Gasteiger partial charge in [-0.05, 0) is 45.0 Å². The zero-order valence-corrected chi connectivity index (χ0v) is 12.3. The van der Waals surface area contributed by atoms with Gasteiger partial charge in [0.05, 0.1) is 13.0 Å². The summed E-state index contributed by atoms with van der Waals surface area (Å²) in [4.78, 5) is 14.5. The molecule has 0 spiro atoms. The number of likely N-dealkylation sites (tertiary alicyclic amines) is 1. The summed E-state index contributed by atoms with van der Waals surface area (Å²) >= 11 is 1.99. The normalized spacial score (nSPS) is 30.1. The van der Waals surface area contributed by atoms with E-state index >= 15 is 0 Å². The Morgan fingerprint density at radius 3 is 2.56 bits per heavy atom. The van der Waals surface area contributed by atoms with Crippen molar-refractivity contribution in [3.05, 3.63) is 0 Å². The number of thioether (sulfide) groups is 1. The van der Waals surface area contributed by atoms with Gasteiger partial charge < -0.3 is 4.74 Å². The second kappa shape index (κ2) is 6.80. The number of hydrogen-bond acceptors (Lipinski definition) is 4. The summed E-state index contributed by atoms with van der Waals surface area (Å²) in [6, 6.07) is 0. The third-order valence-corrected chi connectivity index (χ3v) is 5.37. The van der Waals surface area contributed by atoms with Crippen molar-refractivity contribution in [2.24, 2.45) is 0 Å². The van der Waals surface area contributed by atoms with Gasteiger partial charge in [-0.2, -0.15) is 11.8 Å². The lowest BCUT2D eigenvalue weighted by molar-refractivity contribution is -0.146. The molecule has 0 N–H and O–H groups in total. The van der Waals surface area contributed by atoms with Crippen molar-refractivity contribution in [3.63, 3.8) is 0 Å². The summed E-state index contributed by atoms with van der Waals surface area (Å²) in [5.74, 6) is 2.28. The van der Waals surface area contributed by atoms with Crippen LogP contribution in [0.15, 0.2) is 0 Å². The van der Waals surface area contributed by atoms with Crippen molar-refractivity contribution in [2.45, 2.75) is 51.0 Å². The zero-order chi connectivity index (χ0) is 12.8. The van der Waals surface area contributed by atoms with E-state index in [4.69, 9.17) is 4.74 Å². The smallest absolute Gasteiger partial charge is 0.307 e. The molecule has 0 amide bonds. The van der Waals surface area contributed by atoms with Crippen molar-refractivity contribution in [1.29, 1.82) is 0 Å². The van der Waals surface area contributed by atoms with Crippen LogP contribution in [-0.4, -0.2) is 47.6 Å². The van der Waals surface area contributed by atoms with Gasteiger partial charge in [0.2, 0.25) is 0 Å². The Morgan fingerprint density at radius 1 is 1.28 bits per heavy atom. The molecular weight excluding hydrogens is 246 g/mol. The highest BCUT2D eigenvalue weighted by atomic mass is 32.2. The average Bonchev–Trinajstić information content (AvgIpc) is 2.65. The number of ether oxygens (including phenoxy) is 1. The largest absolute Gasteiger partial charge is 0.466 e. The molecule has 1 atom stereocenters. The number of carbonyl (C=O) groups is 1. The maximum Gasteiger partial charge on any atom is 0.307 e. The second-order valence-corrected chi connectivity index (χ2v) is 6.52. The molecule has 2 heterocycles. The number of rotatable bonds is 4. The molecule has 0 aromatic carbocycles. The van der Waals surface area contributed by atoms with Crippen molar-refractivity contribution < 1.29 is 9.53 Å². The minimum atomic E-state index is -0.00996. The Balaban J connectivity index is 2.02. The predicted octanol–water partition coefficient (Wildman–Crippen LogP) is 2.69. The minimum Gasteiger partial charge on any atom is -0.466 e. The van der Waals surface area contributed by atoms with Crippen LogP contribution in [0.25, 0.3) is 0 Å². The highest BCUT2D eigenvalue weighted by molar-refractivity contribution is 7.99. The van der Waals surface area contributed by atoms with Crippen LogP contribution < -0.4 is 0 Å². The van der Waals surface area contributed by atoms with Crippen molar-refractivity contribution >= 4 is 17.7 Å². The van der Waals surface area contributed by atoms with Gasteiger partial charge >= 0.3 is 5.97 Å². The molecule has 0 aromatic heterocycles. The van der Waals surface area contributed by atoms with Gasteiger partial charge in [-0.25, -0.2) is 0 Å². The first-order chi connectivity index (χ1) is 8.77. The number of esters is 1. The molecule has 0 aliphatic carbocycles. The van der Waals surface area contributed by atoms with Crippen LogP contribution >= 0.6 is 11.8 Å². The van der Waals surface area contributed by atoms with Crippen LogP contribution in [0.1, 0.15) is 45.4 Å². The third-order valence-electron chi connectivity index (χ3n) is 4.14. The summed E-state index contributed by atoms with van der Waals surface area (Å²) in [5.41, 5.74) is 0.0985. The standard InChI is InChI=1S/C14H25NO2S/c1-2-17-13(16)11-14(7-10-18-12-14)15-8-5-3-4-6-9-15/h2-12H2,1H3. The molecule has 18 heavy (non-hydrogen) atoms. The van der Waals surface area contributed by atoms with E-state index in [1.165, 1.54) is 44.5 Å². The lowest BCUT2D eigenvalue weighted by Crippen LogP contribution is -2.51. The highest BCUT2D eigenvalue weighted by Gasteiger charge is 2.42. The molecule has 0 aromatic rings. The number of carbonyl (C=O) groups excluding carboxylic acids is 1. The van der Waals surface area contributed by atoms with Gasteiger partial charge in [0, 0.05) is 11.3 Å². The Hall–Kier alpha value is -0.220. The van der Waals surface area contributed by atoms with Crippen molar-refractivity contribution in [1.82, 2.24) is 4.90 Å². The van der Waals surface area contributed by atoms with Gasteiger partial charge in [-0.1, -0.05) is 12.8 Å².